The number of alkyl halides is 1. The summed E-state index contributed by atoms with van der Waals surface area (Å²) in [6, 6.07) is 21.9. The van der Waals surface area contributed by atoms with Gasteiger partial charge in [0.15, 0.2) is 5.82 Å². The third-order valence-corrected chi connectivity index (χ3v) is 8.13. The number of likely N-dealkylation sites (tertiary alicyclic amines) is 1. The number of benzene rings is 2. The molecule has 6 rings (SSSR count). The number of halogens is 1. The van der Waals surface area contributed by atoms with E-state index in [1.165, 1.54) is 9.80 Å². The first kappa shape index (κ1) is 33.5. The predicted octanol–water partition coefficient (Wildman–Crippen LogP) is 7.82. The Bertz CT molecular complexity index is 2090. The summed E-state index contributed by atoms with van der Waals surface area (Å²) in [5.41, 5.74) is 2.19. The molecule has 1 saturated heterocycles. The Hall–Kier alpha value is -5.44. The van der Waals surface area contributed by atoms with Crippen LogP contribution in [0.5, 0.6) is 0 Å². The fraction of sp³-hybridized carbons (Fsp3) is 0.378. The maximum atomic E-state index is 15.1. The van der Waals surface area contributed by atoms with Crippen LogP contribution in [0.1, 0.15) is 76.5 Å². The molecule has 1 aliphatic rings. The minimum atomic E-state index is -1.28. The first-order chi connectivity index (χ1) is 23.1. The van der Waals surface area contributed by atoms with E-state index in [4.69, 9.17) is 19.6 Å². The molecule has 3 aromatic heterocycles. The summed E-state index contributed by atoms with van der Waals surface area (Å²) < 4.78 is 30.1. The maximum Gasteiger partial charge on any atom is 0.416 e. The molecule has 2 aromatic carbocycles. The average molecular weight is 666 g/mol. The first-order valence-corrected chi connectivity index (χ1v) is 16.2. The van der Waals surface area contributed by atoms with Crippen LogP contribution in [-0.4, -0.2) is 60.2 Å². The predicted molar refractivity (Wildman–Crippen MR) is 183 cm³/mol. The van der Waals surface area contributed by atoms with Gasteiger partial charge >= 0.3 is 12.2 Å². The van der Waals surface area contributed by atoms with Crippen LogP contribution < -0.4 is 4.90 Å². The number of aromatic nitrogens is 4. The molecule has 5 aromatic rings. The summed E-state index contributed by atoms with van der Waals surface area (Å²) in [4.78, 5) is 35.2. The molecular weight excluding hydrogens is 625 g/mol. The standard InChI is InChI=1S/C37H40FN7O4/c1-23-18-27-25(20-39)14-11-15-28(27)44(23)33-40-32(43(35(47)49-37(5,6)7)21-24-12-9-8-10-13-24)30-17-16-29(45(30)41-33)31-19-26(38)22-42(31)34(46)48-36(2,3)4/h8-18,26,31H,19,21-22H2,1-7H3/t26-,31?/m0/s1. The van der Waals surface area contributed by atoms with Crippen molar-refractivity contribution in [2.45, 2.75) is 84.8 Å². The number of rotatable bonds is 5. The summed E-state index contributed by atoms with van der Waals surface area (Å²) in [6.07, 6.45) is -2.48. The van der Waals surface area contributed by atoms with Crippen molar-refractivity contribution in [2.75, 3.05) is 11.4 Å². The molecule has 0 bridgehead atoms. The Morgan fingerprint density at radius 2 is 1.69 bits per heavy atom. The van der Waals surface area contributed by atoms with E-state index in [9.17, 15) is 14.9 Å². The van der Waals surface area contributed by atoms with Gasteiger partial charge in [-0.3, -0.25) is 14.4 Å². The summed E-state index contributed by atoms with van der Waals surface area (Å²) in [6.45, 7) is 12.6. The van der Waals surface area contributed by atoms with Crippen molar-refractivity contribution in [3.63, 3.8) is 0 Å². The summed E-state index contributed by atoms with van der Waals surface area (Å²) in [5.74, 6) is 0.466. The van der Waals surface area contributed by atoms with E-state index in [1.807, 2.05) is 54.0 Å². The van der Waals surface area contributed by atoms with Crippen molar-refractivity contribution < 1.29 is 23.5 Å². The van der Waals surface area contributed by atoms with Crippen LogP contribution in [0.15, 0.2) is 66.7 Å². The number of hydrogen-bond donors (Lipinski definition) is 0. The van der Waals surface area contributed by atoms with Gasteiger partial charge in [-0.25, -0.2) is 18.5 Å². The summed E-state index contributed by atoms with van der Waals surface area (Å²) in [7, 11) is 0. The number of anilines is 1. The molecule has 0 saturated carbocycles. The minimum absolute atomic E-state index is 0.0385. The van der Waals surface area contributed by atoms with Crippen molar-refractivity contribution in [1.82, 2.24) is 24.1 Å². The number of nitriles is 1. The van der Waals surface area contributed by atoms with E-state index < -0.39 is 35.6 Å². The number of ether oxygens (including phenoxy) is 2. The van der Waals surface area contributed by atoms with Crippen LogP contribution in [0, 0.1) is 18.3 Å². The smallest absolute Gasteiger partial charge is 0.416 e. The maximum absolute atomic E-state index is 15.1. The Morgan fingerprint density at radius 1 is 0.980 bits per heavy atom. The van der Waals surface area contributed by atoms with Crippen molar-refractivity contribution in [3.8, 4) is 12.0 Å². The highest BCUT2D eigenvalue weighted by molar-refractivity contribution is 5.92. The Labute approximate surface area is 284 Å². The highest BCUT2D eigenvalue weighted by atomic mass is 19.1. The SMILES string of the molecule is Cc1cc2c(C#N)cccc2n1-c1nc(N(Cc2ccccc2)C(=O)OC(C)(C)C)c2ccc(C3C[C@H](F)CN3C(=O)OC(C)(C)C)n2n1. The van der Waals surface area contributed by atoms with E-state index in [2.05, 4.69) is 6.07 Å². The van der Waals surface area contributed by atoms with Crippen LogP contribution in [0.25, 0.3) is 22.4 Å². The topological polar surface area (TPSA) is 118 Å². The molecule has 0 N–H and O–H groups in total. The normalized spacial score (nSPS) is 16.6. The number of aryl methyl sites for hydroxylation is 1. The molecule has 49 heavy (non-hydrogen) atoms. The van der Waals surface area contributed by atoms with Crippen LogP contribution in [-0.2, 0) is 16.0 Å². The monoisotopic (exact) mass is 665 g/mol. The zero-order valence-electron chi connectivity index (χ0n) is 28.8. The van der Waals surface area contributed by atoms with Crippen LogP contribution in [0.3, 0.4) is 0 Å². The fourth-order valence-electron chi connectivity index (χ4n) is 6.16. The van der Waals surface area contributed by atoms with Gasteiger partial charge in [-0.2, -0.15) is 10.2 Å². The zero-order chi connectivity index (χ0) is 35.2. The molecule has 1 fully saturated rings. The van der Waals surface area contributed by atoms with Gasteiger partial charge in [0.2, 0.25) is 0 Å². The lowest BCUT2D eigenvalue weighted by Gasteiger charge is -2.29. The van der Waals surface area contributed by atoms with Gasteiger partial charge < -0.3 is 9.47 Å². The number of fused-ring (bicyclic) bond motifs is 2. The molecule has 254 valence electrons. The van der Waals surface area contributed by atoms with E-state index in [0.29, 0.717) is 22.3 Å². The Morgan fingerprint density at radius 3 is 2.37 bits per heavy atom. The molecule has 1 aliphatic heterocycles. The minimum Gasteiger partial charge on any atom is -0.444 e. The second kappa shape index (κ2) is 12.5. The van der Waals surface area contributed by atoms with Gasteiger partial charge in [0.05, 0.1) is 42.0 Å². The Balaban J connectivity index is 1.60. The second-order valence-corrected chi connectivity index (χ2v) is 14.3. The van der Waals surface area contributed by atoms with E-state index in [0.717, 1.165) is 16.6 Å². The number of carbonyl (C=O) groups excluding carboxylic acids is 2. The first-order valence-electron chi connectivity index (χ1n) is 16.2. The van der Waals surface area contributed by atoms with Gasteiger partial charge in [-0.15, -0.1) is 5.10 Å². The van der Waals surface area contributed by atoms with Gasteiger partial charge in [-0.05, 0) is 84.4 Å². The molecule has 2 atom stereocenters. The molecule has 0 aliphatic carbocycles. The molecular formula is C37H40FN7O4. The third kappa shape index (κ3) is 6.79. The number of hydrogen-bond acceptors (Lipinski definition) is 7. The lowest BCUT2D eigenvalue weighted by atomic mass is 10.1. The lowest BCUT2D eigenvalue weighted by molar-refractivity contribution is 0.0212. The molecule has 1 unspecified atom stereocenters. The molecule has 0 radical (unpaired) electrons. The van der Waals surface area contributed by atoms with Crippen molar-refractivity contribution in [2.24, 2.45) is 0 Å². The van der Waals surface area contributed by atoms with Gasteiger partial charge in [0, 0.05) is 17.5 Å². The quantitative estimate of drug-likeness (QED) is 0.188. The average Bonchev–Trinajstić information content (AvgIpc) is 3.72. The van der Waals surface area contributed by atoms with Gasteiger partial charge in [0.1, 0.15) is 22.9 Å². The van der Waals surface area contributed by atoms with E-state index >= 15 is 4.39 Å². The van der Waals surface area contributed by atoms with Crippen molar-refractivity contribution >= 4 is 34.4 Å². The molecule has 2 amide bonds. The van der Waals surface area contributed by atoms with Crippen LogP contribution in [0.4, 0.5) is 19.8 Å². The highest BCUT2D eigenvalue weighted by Crippen LogP contribution is 2.38. The van der Waals surface area contributed by atoms with Gasteiger partial charge in [-0.1, -0.05) is 36.4 Å². The van der Waals surface area contributed by atoms with E-state index in [1.54, 1.807) is 70.3 Å². The number of carbonyl (C=O) groups is 2. The van der Waals surface area contributed by atoms with Gasteiger partial charge in [0.25, 0.3) is 5.95 Å². The second-order valence-electron chi connectivity index (χ2n) is 14.3. The number of nitrogens with zero attached hydrogens (tertiary/aromatic N) is 7. The van der Waals surface area contributed by atoms with Crippen molar-refractivity contribution in [1.29, 1.82) is 5.26 Å². The fourth-order valence-corrected chi connectivity index (χ4v) is 6.16. The summed E-state index contributed by atoms with van der Waals surface area (Å²) >= 11 is 0. The van der Waals surface area contributed by atoms with Crippen molar-refractivity contribution in [3.05, 3.63) is 89.2 Å². The summed E-state index contributed by atoms with van der Waals surface area (Å²) in [5, 5.41) is 15.5. The third-order valence-electron chi connectivity index (χ3n) is 8.13. The lowest BCUT2D eigenvalue weighted by Crippen LogP contribution is -2.38. The molecule has 11 nitrogen and oxygen atoms in total. The highest BCUT2D eigenvalue weighted by Gasteiger charge is 2.41. The molecule has 0 spiro atoms. The van der Waals surface area contributed by atoms with Crippen LogP contribution >= 0.6 is 0 Å². The van der Waals surface area contributed by atoms with Crippen LogP contribution in [0.2, 0.25) is 0 Å². The largest absolute Gasteiger partial charge is 0.444 e. The molecule has 4 heterocycles. The van der Waals surface area contributed by atoms with E-state index in [-0.39, 0.29) is 31.3 Å². The molecule has 12 heteroatoms. The Kier molecular flexibility index (Phi) is 8.56. The number of amides is 2. The zero-order valence-corrected chi connectivity index (χ0v) is 28.8.